The molecule has 0 radical (unpaired) electrons. The number of amides is 2. The lowest BCUT2D eigenvalue weighted by Gasteiger charge is -2.19. The number of halogens is 2. The molecule has 8 heteroatoms. The second-order valence-corrected chi connectivity index (χ2v) is 6.47. The molecule has 1 N–H and O–H groups in total. The number of nitriles is 1. The molecule has 0 spiro atoms. The van der Waals surface area contributed by atoms with E-state index in [1.807, 2.05) is 19.1 Å². The van der Waals surface area contributed by atoms with Crippen LogP contribution in [-0.2, 0) is 11.2 Å². The summed E-state index contributed by atoms with van der Waals surface area (Å²) < 4.78 is 26.9. The van der Waals surface area contributed by atoms with Crippen molar-refractivity contribution in [3.63, 3.8) is 0 Å². The van der Waals surface area contributed by atoms with Crippen LogP contribution in [-0.4, -0.2) is 46.8 Å². The number of aryl methyl sites for hydroxylation is 1. The van der Waals surface area contributed by atoms with Gasteiger partial charge in [-0.15, -0.1) is 0 Å². The van der Waals surface area contributed by atoms with Gasteiger partial charge in [0, 0.05) is 18.0 Å². The quantitative estimate of drug-likeness (QED) is 0.892. The summed E-state index contributed by atoms with van der Waals surface area (Å²) in [6, 6.07) is 7.65. The number of nitrogens with one attached hydrogen (secondary N) is 1. The molecule has 1 aromatic carbocycles. The third kappa shape index (κ3) is 3.87. The Hall–Kier alpha value is -3.08. The minimum atomic E-state index is -3.08. The highest BCUT2D eigenvalue weighted by atomic mass is 19.3. The average molecular weight is 372 g/mol. The molecular formula is C19H18F2N4O2. The van der Waals surface area contributed by atoms with Gasteiger partial charge in [-0.2, -0.15) is 5.26 Å². The minimum absolute atomic E-state index is 0.346. The first-order valence-electron chi connectivity index (χ1n) is 8.57. The predicted molar refractivity (Wildman–Crippen MR) is 94.1 cm³/mol. The molecule has 3 rings (SSSR count). The van der Waals surface area contributed by atoms with Crippen LogP contribution in [0.1, 0.15) is 29.3 Å². The summed E-state index contributed by atoms with van der Waals surface area (Å²) in [4.78, 5) is 29.8. The summed E-state index contributed by atoms with van der Waals surface area (Å²) in [5.41, 5.74) is 2.09. The van der Waals surface area contributed by atoms with Crippen LogP contribution in [0.3, 0.4) is 0 Å². The molecule has 140 valence electrons. The summed E-state index contributed by atoms with van der Waals surface area (Å²) in [5.74, 6) is -4.29. The van der Waals surface area contributed by atoms with Crippen LogP contribution in [0, 0.1) is 11.3 Å². The topological polar surface area (TPSA) is 86.1 Å². The van der Waals surface area contributed by atoms with Gasteiger partial charge in [-0.25, -0.2) is 8.78 Å². The second kappa shape index (κ2) is 7.27. The third-order valence-corrected chi connectivity index (χ3v) is 4.60. The first kappa shape index (κ1) is 18.7. The van der Waals surface area contributed by atoms with Crippen molar-refractivity contribution < 1.29 is 18.4 Å². The number of fused-ring (bicyclic) bond motifs is 1. The van der Waals surface area contributed by atoms with Gasteiger partial charge in [0.1, 0.15) is 6.04 Å². The fraction of sp³-hybridized carbons (Fsp3) is 0.368. The predicted octanol–water partition coefficient (Wildman–Crippen LogP) is 2.29. The number of hydrogen-bond donors (Lipinski definition) is 1. The largest absolute Gasteiger partial charge is 0.343 e. The fourth-order valence-electron chi connectivity index (χ4n) is 3.16. The Labute approximate surface area is 154 Å². The van der Waals surface area contributed by atoms with Crippen LogP contribution in [0.4, 0.5) is 8.78 Å². The van der Waals surface area contributed by atoms with E-state index >= 15 is 0 Å². The van der Waals surface area contributed by atoms with E-state index in [4.69, 9.17) is 5.26 Å². The maximum absolute atomic E-state index is 13.5. The Morgan fingerprint density at radius 1 is 1.41 bits per heavy atom. The summed E-state index contributed by atoms with van der Waals surface area (Å²) in [6.45, 7) is 0.752. The molecule has 1 aromatic heterocycles. The number of nitrogens with zero attached hydrogens (tertiary/aromatic N) is 3. The van der Waals surface area contributed by atoms with Gasteiger partial charge in [-0.05, 0) is 24.1 Å². The first-order chi connectivity index (χ1) is 12.8. The number of benzene rings is 1. The maximum Gasteiger partial charge on any atom is 0.268 e. The Morgan fingerprint density at radius 3 is 2.89 bits per heavy atom. The van der Waals surface area contributed by atoms with Gasteiger partial charge in [0.25, 0.3) is 11.8 Å². The summed E-state index contributed by atoms with van der Waals surface area (Å²) in [5, 5.41) is 12.1. The Morgan fingerprint density at radius 2 is 2.19 bits per heavy atom. The lowest BCUT2D eigenvalue weighted by Crippen LogP contribution is -2.43. The van der Waals surface area contributed by atoms with E-state index in [1.165, 1.54) is 12.3 Å². The van der Waals surface area contributed by atoms with Crippen molar-refractivity contribution >= 4 is 22.7 Å². The zero-order valence-electron chi connectivity index (χ0n) is 14.7. The molecule has 1 unspecified atom stereocenters. The SMILES string of the molecule is CCc1ccc2c(C(=O)NCC(=O)N3CC(F)(F)CC3C#N)ccnc2c1. The Bertz CT molecular complexity index is 939. The van der Waals surface area contributed by atoms with Gasteiger partial charge in [-0.1, -0.05) is 19.1 Å². The minimum Gasteiger partial charge on any atom is -0.343 e. The number of pyridine rings is 1. The number of rotatable bonds is 4. The molecule has 2 amide bonds. The van der Waals surface area contributed by atoms with Gasteiger partial charge in [0.2, 0.25) is 5.91 Å². The molecule has 1 aliphatic rings. The smallest absolute Gasteiger partial charge is 0.268 e. The Balaban J connectivity index is 1.72. The molecule has 0 bridgehead atoms. The van der Waals surface area contributed by atoms with Crippen LogP contribution in [0.15, 0.2) is 30.5 Å². The van der Waals surface area contributed by atoms with E-state index in [9.17, 15) is 18.4 Å². The van der Waals surface area contributed by atoms with E-state index < -0.39 is 43.3 Å². The van der Waals surface area contributed by atoms with Crippen molar-refractivity contribution in [2.45, 2.75) is 31.7 Å². The number of carbonyl (C=O) groups is 2. The summed E-state index contributed by atoms with van der Waals surface area (Å²) >= 11 is 0. The highest BCUT2D eigenvalue weighted by Crippen LogP contribution is 2.31. The molecule has 2 aromatic rings. The standard InChI is InChI=1S/C19H18F2N4O2/c1-2-12-3-4-14-15(5-6-23-16(14)7-12)18(27)24-10-17(26)25-11-19(20,21)8-13(25)9-22/h3-7,13H,2,8,10-11H2,1H3,(H,24,27). The first-order valence-corrected chi connectivity index (χ1v) is 8.57. The fourth-order valence-corrected chi connectivity index (χ4v) is 3.16. The van der Waals surface area contributed by atoms with Crippen LogP contribution >= 0.6 is 0 Å². The molecule has 2 heterocycles. The Kier molecular flexibility index (Phi) is 5.04. The molecule has 0 aliphatic carbocycles. The lowest BCUT2D eigenvalue weighted by molar-refractivity contribution is -0.131. The number of carbonyl (C=O) groups excluding carboxylic acids is 2. The highest BCUT2D eigenvalue weighted by molar-refractivity contribution is 6.06. The van der Waals surface area contributed by atoms with Crippen molar-refractivity contribution in [3.05, 3.63) is 41.6 Å². The van der Waals surface area contributed by atoms with Crippen molar-refractivity contribution in [2.75, 3.05) is 13.1 Å². The van der Waals surface area contributed by atoms with E-state index in [0.717, 1.165) is 16.9 Å². The van der Waals surface area contributed by atoms with E-state index in [2.05, 4.69) is 10.3 Å². The average Bonchev–Trinajstić information content (AvgIpc) is 2.99. The second-order valence-electron chi connectivity index (χ2n) is 6.47. The van der Waals surface area contributed by atoms with E-state index in [1.54, 1.807) is 12.1 Å². The normalized spacial score (nSPS) is 18.3. The number of aromatic nitrogens is 1. The van der Waals surface area contributed by atoms with Gasteiger partial charge in [0.15, 0.2) is 0 Å². The van der Waals surface area contributed by atoms with E-state index in [-0.39, 0.29) is 0 Å². The van der Waals surface area contributed by atoms with E-state index in [0.29, 0.717) is 16.5 Å². The number of hydrogen-bond acceptors (Lipinski definition) is 4. The molecule has 0 saturated carbocycles. The molecule has 1 fully saturated rings. The zero-order valence-corrected chi connectivity index (χ0v) is 14.7. The van der Waals surface area contributed by atoms with Crippen LogP contribution in [0.2, 0.25) is 0 Å². The number of alkyl halides is 2. The zero-order chi connectivity index (χ0) is 19.6. The molecular weight excluding hydrogens is 354 g/mol. The third-order valence-electron chi connectivity index (χ3n) is 4.60. The molecule has 1 saturated heterocycles. The van der Waals surface area contributed by atoms with Crippen LogP contribution in [0.25, 0.3) is 10.9 Å². The van der Waals surface area contributed by atoms with Gasteiger partial charge >= 0.3 is 0 Å². The molecule has 6 nitrogen and oxygen atoms in total. The van der Waals surface area contributed by atoms with Crippen molar-refractivity contribution in [3.8, 4) is 6.07 Å². The van der Waals surface area contributed by atoms with Crippen molar-refractivity contribution in [1.29, 1.82) is 5.26 Å². The van der Waals surface area contributed by atoms with Gasteiger partial charge < -0.3 is 10.2 Å². The maximum atomic E-state index is 13.5. The lowest BCUT2D eigenvalue weighted by atomic mass is 10.0. The molecule has 1 atom stereocenters. The summed E-state index contributed by atoms with van der Waals surface area (Å²) in [7, 11) is 0. The van der Waals surface area contributed by atoms with Crippen LogP contribution in [0.5, 0.6) is 0 Å². The number of likely N-dealkylation sites (tertiary alicyclic amines) is 1. The highest BCUT2D eigenvalue weighted by Gasteiger charge is 2.47. The van der Waals surface area contributed by atoms with Crippen LogP contribution < -0.4 is 5.32 Å². The molecule has 1 aliphatic heterocycles. The molecule has 27 heavy (non-hydrogen) atoms. The van der Waals surface area contributed by atoms with Gasteiger partial charge in [-0.3, -0.25) is 14.6 Å². The van der Waals surface area contributed by atoms with Crippen molar-refractivity contribution in [1.82, 2.24) is 15.2 Å². The van der Waals surface area contributed by atoms with Gasteiger partial charge in [0.05, 0.1) is 30.2 Å². The summed E-state index contributed by atoms with van der Waals surface area (Å²) in [6.07, 6.45) is 1.66. The van der Waals surface area contributed by atoms with Crippen molar-refractivity contribution in [2.24, 2.45) is 0 Å². The monoisotopic (exact) mass is 372 g/mol.